The van der Waals surface area contributed by atoms with E-state index < -0.39 is 0 Å². The van der Waals surface area contributed by atoms with Crippen molar-refractivity contribution in [2.45, 2.75) is 18.5 Å². The summed E-state index contributed by atoms with van der Waals surface area (Å²) in [6.45, 7) is 2.99. The zero-order valence-electron chi connectivity index (χ0n) is 11.4. The molecule has 0 saturated heterocycles. The van der Waals surface area contributed by atoms with Crippen molar-refractivity contribution in [1.82, 2.24) is 9.97 Å². The predicted molar refractivity (Wildman–Crippen MR) is 86.8 cm³/mol. The van der Waals surface area contributed by atoms with Gasteiger partial charge in [0.2, 0.25) is 5.88 Å². The van der Waals surface area contributed by atoms with Crippen LogP contribution in [0.25, 0.3) is 0 Å². The summed E-state index contributed by atoms with van der Waals surface area (Å²) in [4.78, 5) is 8.75. The highest BCUT2D eigenvalue weighted by atomic mass is 79.9. The van der Waals surface area contributed by atoms with Crippen LogP contribution < -0.4 is 10.1 Å². The van der Waals surface area contributed by atoms with Gasteiger partial charge in [-0.3, -0.25) is 0 Å². The molecule has 0 atom stereocenters. The first-order valence-electron chi connectivity index (χ1n) is 6.31. The summed E-state index contributed by atoms with van der Waals surface area (Å²) in [6.07, 6.45) is 2.99. The maximum absolute atomic E-state index is 5.77. The molecule has 0 spiro atoms. The lowest BCUT2D eigenvalue weighted by Crippen LogP contribution is -2.04. The van der Waals surface area contributed by atoms with Gasteiger partial charge in [-0.15, -0.1) is 0 Å². The van der Waals surface area contributed by atoms with E-state index in [2.05, 4.69) is 38.1 Å². The Morgan fingerprint density at radius 3 is 2.65 bits per heavy atom. The summed E-state index contributed by atoms with van der Waals surface area (Å²) in [5.41, 5.74) is 0. The molecule has 0 aliphatic carbocycles. The summed E-state index contributed by atoms with van der Waals surface area (Å²) in [6, 6.07) is 9.47. The molecule has 0 fully saturated rings. The van der Waals surface area contributed by atoms with Crippen LogP contribution in [-0.4, -0.2) is 22.8 Å². The van der Waals surface area contributed by atoms with Gasteiger partial charge in [0, 0.05) is 17.1 Å². The van der Waals surface area contributed by atoms with Gasteiger partial charge in [-0.25, -0.2) is 4.98 Å². The first-order chi connectivity index (χ1) is 9.71. The predicted octanol–water partition coefficient (Wildman–Crippen LogP) is 4.58. The van der Waals surface area contributed by atoms with E-state index in [1.54, 1.807) is 0 Å². The summed E-state index contributed by atoms with van der Waals surface area (Å²) >= 11 is 4.89. The zero-order chi connectivity index (χ0) is 14.4. The van der Waals surface area contributed by atoms with Gasteiger partial charge in [0.05, 0.1) is 0 Å². The van der Waals surface area contributed by atoms with Crippen LogP contribution >= 0.6 is 27.7 Å². The Balaban J connectivity index is 2.19. The molecule has 0 aliphatic rings. The third kappa shape index (κ3) is 4.38. The maximum Gasteiger partial charge on any atom is 0.225 e. The Labute approximate surface area is 131 Å². The van der Waals surface area contributed by atoms with Gasteiger partial charge < -0.3 is 10.1 Å². The second-order valence-electron chi connectivity index (χ2n) is 4.06. The van der Waals surface area contributed by atoms with Gasteiger partial charge >= 0.3 is 0 Å². The highest BCUT2D eigenvalue weighted by molar-refractivity contribution is 9.10. The van der Waals surface area contributed by atoms with E-state index in [4.69, 9.17) is 4.74 Å². The molecule has 0 radical (unpaired) electrons. The molecule has 0 saturated carbocycles. The molecule has 1 aromatic carbocycles. The zero-order valence-corrected chi connectivity index (χ0v) is 13.8. The number of benzene rings is 1. The van der Waals surface area contributed by atoms with Crippen molar-refractivity contribution in [2.75, 3.05) is 18.1 Å². The summed E-state index contributed by atoms with van der Waals surface area (Å²) in [5, 5.41) is 3.95. The molecule has 4 nitrogen and oxygen atoms in total. The minimum absolute atomic E-state index is 0.547. The number of ether oxygens (including phenoxy) is 1. The van der Waals surface area contributed by atoms with Crippen molar-refractivity contribution >= 4 is 33.5 Å². The average Bonchev–Trinajstić information content (AvgIpc) is 2.47. The normalized spacial score (nSPS) is 10.3. The lowest BCUT2D eigenvalue weighted by molar-refractivity contribution is 0.456. The number of rotatable bonds is 6. The first kappa shape index (κ1) is 15.1. The van der Waals surface area contributed by atoms with Crippen LogP contribution in [0.15, 0.2) is 40.0 Å². The van der Waals surface area contributed by atoms with Crippen LogP contribution in [0, 0.1) is 0 Å². The largest absolute Gasteiger partial charge is 0.439 e. The van der Waals surface area contributed by atoms with Crippen molar-refractivity contribution < 1.29 is 4.74 Å². The van der Waals surface area contributed by atoms with E-state index in [1.165, 1.54) is 11.8 Å². The third-order valence-electron chi connectivity index (χ3n) is 2.46. The van der Waals surface area contributed by atoms with Crippen molar-refractivity contribution in [3.8, 4) is 11.6 Å². The summed E-state index contributed by atoms with van der Waals surface area (Å²) < 4.78 is 6.79. The lowest BCUT2D eigenvalue weighted by atomic mass is 10.3. The highest BCUT2D eigenvalue weighted by Gasteiger charge is 2.06. The van der Waals surface area contributed by atoms with Crippen LogP contribution in [0.4, 0.5) is 5.82 Å². The number of aromatic nitrogens is 2. The summed E-state index contributed by atoms with van der Waals surface area (Å²) in [7, 11) is 0. The average molecular weight is 354 g/mol. The Hall–Kier alpha value is -1.27. The molecule has 0 unspecified atom stereocenters. The topological polar surface area (TPSA) is 47.0 Å². The van der Waals surface area contributed by atoms with Crippen LogP contribution in [0.3, 0.4) is 0 Å². The molecule has 0 aliphatic heterocycles. The van der Waals surface area contributed by atoms with Gasteiger partial charge in [0.1, 0.15) is 11.6 Å². The standard InChI is InChI=1S/C14H16BrN3OS/c1-3-8-16-12-9-13(18-14(17-12)20-2)19-11-6-4-10(15)5-7-11/h4-7,9H,3,8H2,1-2H3,(H,16,17,18). The van der Waals surface area contributed by atoms with Gasteiger partial charge in [0.15, 0.2) is 5.16 Å². The molecule has 1 aromatic heterocycles. The van der Waals surface area contributed by atoms with E-state index in [1.807, 2.05) is 36.6 Å². The Kier molecular flexibility index (Phi) is 5.67. The number of thioether (sulfide) groups is 1. The number of nitrogens with zero attached hydrogens (tertiary/aromatic N) is 2. The smallest absolute Gasteiger partial charge is 0.225 e. The van der Waals surface area contributed by atoms with Crippen molar-refractivity contribution in [2.24, 2.45) is 0 Å². The van der Waals surface area contributed by atoms with Gasteiger partial charge in [-0.05, 0) is 36.9 Å². The van der Waals surface area contributed by atoms with Crippen molar-refractivity contribution in [3.63, 3.8) is 0 Å². The van der Waals surface area contributed by atoms with Crippen molar-refractivity contribution in [3.05, 3.63) is 34.8 Å². The molecule has 106 valence electrons. The molecule has 0 bridgehead atoms. The van der Waals surface area contributed by atoms with Gasteiger partial charge in [-0.1, -0.05) is 34.6 Å². The molecule has 6 heteroatoms. The monoisotopic (exact) mass is 353 g/mol. The molecular weight excluding hydrogens is 338 g/mol. The maximum atomic E-state index is 5.77. The number of nitrogens with one attached hydrogen (secondary N) is 1. The molecule has 0 amide bonds. The third-order valence-corrected chi connectivity index (χ3v) is 3.53. The Morgan fingerprint density at radius 1 is 1.25 bits per heavy atom. The second-order valence-corrected chi connectivity index (χ2v) is 5.75. The SMILES string of the molecule is CCCNc1cc(Oc2ccc(Br)cc2)nc(SC)n1. The van der Waals surface area contributed by atoms with Crippen LogP contribution in [0.5, 0.6) is 11.6 Å². The number of hydrogen-bond donors (Lipinski definition) is 1. The molecule has 20 heavy (non-hydrogen) atoms. The number of anilines is 1. The van der Waals surface area contributed by atoms with Crippen LogP contribution in [0.1, 0.15) is 13.3 Å². The van der Waals surface area contributed by atoms with Gasteiger partial charge in [0.25, 0.3) is 0 Å². The van der Waals surface area contributed by atoms with Crippen LogP contribution in [0.2, 0.25) is 0 Å². The van der Waals surface area contributed by atoms with E-state index in [0.717, 1.165) is 29.0 Å². The quantitative estimate of drug-likeness (QED) is 0.608. The molecule has 2 rings (SSSR count). The minimum atomic E-state index is 0.547. The minimum Gasteiger partial charge on any atom is -0.439 e. The second kappa shape index (κ2) is 7.50. The fourth-order valence-corrected chi connectivity index (χ4v) is 2.15. The van der Waals surface area contributed by atoms with E-state index in [-0.39, 0.29) is 0 Å². The number of halogens is 1. The van der Waals surface area contributed by atoms with Gasteiger partial charge in [-0.2, -0.15) is 4.98 Å². The first-order valence-corrected chi connectivity index (χ1v) is 8.33. The highest BCUT2D eigenvalue weighted by Crippen LogP contribution is 2.25. The molecule has 1 N–H and O–H groups in total. The number of hydrogen-bond acceptors (Lipinski definition) is 5. The molecular formula is C14H16BrN3OS. The Morgan fingerprint density at radius 2 is 2.00 bits per heavy atom. The van der Waals surface area contributed by atoms with E-state index >= 15 is 0 Å². The molecule has 1 heterocycles. The summed E-state index contributed by atoms with van der Waals surface area (Å²) in [5.74, 6) is 2.09. The van der Waals surface area contributed by atoms with E-state index in [9.17, 15) is 0 Å². The fourth-order valence-electron chi connectivity index (χ4n) is 1.51. The van der Waals surface area contributed by atoms with E-state index in [0.29, 0.717) is 11.0 Å². The fraction of sp³-hybridized carbons (Fsp3) is 0.286. The van der Waals surface area contributed by atoms with Crippen LogP contribution in [-0.2, 0) is 0 Å². The molecule has 2 aromatic rings. The lowest BCUT2D eigenvalue weighted by Gasteiger charge is -2.09. The Bertz CT molecular complexity index is 563. The van der Waals surface area contributed by atoms with Crippen molar-refractivity contribution in [1.29, 1.82) is 0 Å².